The van der Waals surface area contributed by atoms with Crippen LogP contribution in [0.1, 0.15) is 20.8 Å². The normalized spacial score (nSPS) is 11.2. The first-order valence-corrected chi connectivity index (χ1v) is 6.29. The maximum atomic E-state index is 11.4. The maximum Gasteiger partial charge on any atom is 0.334 e. The van der Waals surface area contributed by atoms with Crippen LogP contribution in [0.5, 0.6) is 0 Å². The highest BCUT2D eigenvalue weighted by molar-refractivity contribution is 5.95. The summed E-state index contributed by atoms with van der Waals surface area (Å²) >= 11 is 0. The molecule has 110 valence electrons. The summed E-state index contributed by atoms with van der Waals surface area (Å²) in [6.07, 6.45) is 1.11. The molecule has 0 aliphatic carbocycles. The second kappa shape index (κ2) is 11.7. The molecule has 0 amide bonds. The molecule has 0 saturated carbocycles. The topological polar surface area (TPSA) is 71.1 Å². The Hall–Kier alpha value is -1.40. The summed E-state index contributed by atoms with van der Waals surface area (Å²) in [5.41, 5.74) is 0.193. The van der Waals surface area contributed by atoms with Crippen LogP contribution in [0.4, 0.5) is 0 Å². The Bertz CT molecular complexity index is 298. The van der Waals surface area contributed by atoms with E-state index >= 15 is 0 Å². The minimum atomic E-state index is -0.584. The average molecular weight is 274 g/mol. The molecule has 0 fully saturated rings. The molecule has 6 heteroatoms. The van der Waals surface area contributed by atoms with Crippen LogP contribution in [-0.2, 0) is 28.5 Å². The molecule has 0 aliphatic heterocycles. The summed E-state index contributed by atoms with van der Waals surface area (Å²) in [5, 5.41) is 0. The standard InChI is InChI=1S/C13H22O6/c1-4-16-6-8-18-12(14)10-11(3)13(15)19-9-7-17-5-2/h10H,4-9H2,1-3H3/b11-10+. The Morgan fingerprint density at radius 3 is 1.95 bits per heavy atom. The predicted octanol–water partition coefficient (Wildman–Crippen LogP) is 1.09. The third-order valence-corrected chi connectivity index (χ3v) is 2.00. The van der Waals surface area contributed by atoms with E-state index in [1.807, 2.05) is 13.8 Å². The fourth-order valence-electron chi connectivity index (χ4n) is 1.07. The Morgan fingerprint density at radius 1 is 0.895 bits per heavy atom. The first-order chi connectivity index (χ1) is 9.11. The molecule has 0 unspecified atom stereocenters. The minimum absolute atomic E-state index is 0.163. The summed E-state index contributed by atoms with van der Waals surface area (Å²) in [5.74, 6) is -1.14. The van der Waals surface area contributed by atoms with Gasteiger partial charge in [0.15, 0.2) is 0 Å². The lowest BCUT2D eigenvalue weighted by molar-refractivity contribution is -0.142. The summed E-state index contributed by atoms with van der Waals surface area (Å²) in [6.45, 7) is 7.34. The van der Waals surface area contributed by atoms with E-state index in [1.54, 1.807) is 0 Å². The van der Waals surface area contributed by atoms with Crippen LogP contribution >= 0.6 is 0 Å². The summed E-state index contributed by atoms with van der Waals surface area (Å²) in [7, 11) is 0. The number of hydrogen-bond donors (Lipinski definition) is 0. The molecular formula is C13H22O6. The summed E-state index contributed by atoms with van der Waals surface area (Å²) in [4.78, 5) is 22.8. The first kappa shape index (κ1) is 17.6. The van der Waals surface area contributed by atoms with Gasteiger partial charge in [-0.2, -0.15) is 0 Å². The Morgan fingerprint density at radius 2 is 1.42 bits per heavy atom. The highest BCUT2D eigenvalue weighted by atomic mass is 16.6. The van der Waals surface area contributed by atoms with E-state index in [4.69, 9.17) is 18.9 Å². The third kappa shape index (κ3) is 10.2. The zero-order valence-electron chi connectivity index (χ0n) is 11.8. The molecule has 0 bridgehead atoms. The fourth-order valence-corrected chi connectivity index (χ4v) is 1.07. The maximum absolute atomic E-state index is 11.4. The van der Waals surface area contributed by atoms with E-state index in [2.05, 4.69) is 0 Å². The molecule has 0 atom stereocenters. The minimum Gasteiger partial charge on any atom is -0.460 e. The molecule has 0 radical (unpaired) electrons. The van der Waals surface area contributed by atoms with Gasteiger partial charge in [0, 0.05) is 24.9 Å². The van der Waals surface area contributed by atoms with Crippen LogP contribution in [0.25, 0.3) is 0 Å². The Balaban J connectivity index is 3.88. The molecule has 0 aliphatic rings. The Kier molecular flexibility index (Phi) is 10.8. The number of rotatable bonds is 10. The number of carbonyl (C=O) groups is 2. The molecule has 0 saturated heterocycles. The smallest absolute Gasteiger partial charge is 0.334 e. The van der Waals surface area contributed by atoms with Crippen molar-refractivity contribution in [2.75, 3.05) is 39.6 Å². The van der Waals surface area contributed by atoms with Crippen molar-refractivity contribution < 1.29 is 28.5 Å². The molecular weight excluding hydrogens is 252 g/mol. The molecule has 0 N–H and O–H groups in total. The van der Waals surface area contributed by atoms with E-state index in [0.29, 0.717) is 26.4 Å². The van der Waals surface area contributed by atoms with Gasteiger partial charge in [0.25, 0.3) is 0 Å². The van der Waals surface area contributed by atoms with Gasteiger partial charge in [0.05, 0.1) is 13.2 Å². The van der Waals surface area contributed by atoms with Gasteiger partial charge in [0.2, 0.25) is 0 Å². The van der Waals surface area contributed by atoms with Crippen molar-refractivity contribution in [3.05, 3.63) is 11.6 Å². The average Bonchev–Trinajstić information content (AvgIpc) is 2.39. The highest BCUT2D eigenvalue weighted by Crippen LogP contribution is 1.98. The molecule has 0 rings (SSSR count). The van der Waals surface area contributed by atoms with Gasteiger partial charge < -0.3 is 18.9 Å². The lowest BCUT2D eigenvalue weighted by Crippen LogP contribution is -2.14. The van der Waals surface area contributed by atoms with Crippen LogP contribution in [0, 0.1) is 0 Å². The molecule has 0 aromatic heterocycles. The number of ether oxygens (including phenoxy) is 4. The van der Waals surface area contributed by atoms with Crippen molar-refractivity contribution in [2.24, 2.45) is 0 Å². The van der Waals surface area contributed by atoms with Crippen molar-refractivity contribution in [1.29, 1.82) is 0 Å². The SMILES string of the molecule is CCOCCOC(=O)/C=C(\C)C(=O)OCCOCC. The van der Waals surface area contributed by atoms with Crippen molar-refractivity contribution >= 4 is 11.9 Å². The second-order valence-electron chi connectivity index (χ2n) is 3.52. The summed E-state index contributed by atoms with van der Waals surface area (Å²) in [6, 6.07) is 0. The lowest BCUT2D eigenvalue weighted by atomic mass is 10.3. The number of carbonyl (C=O) groups excluding carboxylic acids is 2. The van der Waals surface area contributed by atoms with Gasteiger partial charge in [0.1, 0.15) is 13.2 Å². The Labute approximate surface area is 113 Å². The zero-order chi connectivity index (χ0) is 14.5. The second-order valence-corrected chi connectivity index (χ2v) is 3.52. The first-order valence-electron chi connectivity index (χ1n) is 6.29. The monoisotopic (exact) mass is 274 g/mol. The molecule has 0 heterocycles. The quantitative estimate of drug-likeness (QED) is 0.337. The van der Waals surface area contributed by atoms with Crippen molar-refractivity contribution in [2.45, 2.75) is 20.8 Å². The number of esters is 2. The molecule has 19 heavy (non-hydrogen) atoms. The lowest BCUT2D eigenvalue weighted by Gasteiger charge is -2.05. The van der Waals surface area contributed by atoms with E-state index < -0.39 is 11.9 Å². The van der Waals surface area contributed by atoms with Gasteiger partial charge in [-0.25, -0.2) is 9.59 Å². The number of hydrogen-bond acceptors (Lipinski definition) is 6. The van der Waals surface area contributed by atoms with Gasteiger partial charge >= 0.3 is 11.9 Å². The molecule has 0 spiro atoms. The predicted molar refractivity (Wildman–Crippen MR) is 68.7 cm³/mol. The van der Waals surface area contributed by atoms with Gasteiger partial charge in [-0.3, -0.25) is 0 Å². The fraction of sp³-hybridized carbons (Fsp3) is 0.692. The van der Waals surface area contributed by atoms with Crippen LogP contribution in [0.3, 0.4) is 0 Å². The van der Waals surface area contributed by atoms with Gasteiger partial charge in [-0.15, -0.1) is 0 Å². The third-order valence-electron chi connectivity index (χ3n) is 2.00. The van der Waals surface area contributed by atoms with Crippen molar-refractivity contribution in [3.63, 3.8) is 0 Å². The molecule has 6 nitrogen and oxygen atoms in total. The van der Waals surface area contributed by atoms with Crippen molar-refractivity contribution in [3.8, 4) is 0 Å². The highest BCUT2D eigenvalue weighted by Gasteiger charge is 2.08. The molecule has 0 aromatic carbocycles. The largest absolute Gasteiger partial charge is 0.460 e. The summed E-state index contributed by atoms with van der Waals surface area (Å²) < 4.78 is 19.7. The van der Waals surface area contributed by atoms with Crippen LogP contribution < -0.4 is 0 Å². The van der Waals surface area contributed by atoms with Gasteiger partial charge in [-0.05, 0) is 20.8 Å². The van der Waals surface area contributed by atoms with E-state index in [1.165, 1.54) is 6.92 Å². The van der Waals surface area contributed by atoms with Crippen molar-refractivity contribution in [1.82, 2.24) is 0 Å². The van der Waals surface area contributed by atoms with Crippen LogP contribution in [0.2, 0.25) is 0 Å². The van der Waals surface area contributed by atoms with E-state index in [0.717, 1.165) is 6.08 Å². The van der Waals surface area contributed by atoms with Gasteiger partial charge in [-0.1, -0.05) is 0 Å². The van der Waals surface area contributed by atoms with E-state index in [-0.39, 0.29) is 18.8 Å². The van der Waals surface area contributed by atoms with E-state index in [9.17, 15) is 9.59 Å². The zero-order valence-corrected chi connectivity index (χ0v) is 11.8. The van der Waals surface area contributed by atoms with Crippen LogP contribution in [-0.4, -0.2) is 51.6 Å². The molecule has 0 aromatic rings. The van der Waals surface area contributed by atoms with Crippen LogP contribution in [0.15, 0.2) is 11.6 Å².